The van der Waals surface area contributed by atoms with Crippen molar-refractivity contribution in [2.24, 2.45) is 11.5 Å². The lowest BCUT2D eigenvalue weighted by Gasteiger charge is -2.14. The Kier molecular flexibility index (Phi) is 9.69. The molecular weight excluding hydrogens is 400 g/mol. The van der Waals surface area contributed by atoms with E-state index >= 15 is 0 Å². The molecule has 0 aliphatic carbocycles. The third kappa shape index (κ3) is 6.83. The molecule has 0 aromatic heterocycles. The van der Waals surface area contributed by atoms with Crippen LogP contribution >= 0.6 is 0 Å². The van der Waals surface area contributed by atoms with E-state index in [-0.39, 0.29) is 0 Å². The van der Waals surface area contributed by atoms with Crippen LogP contribution < -0.4 is 36.1 Å². The Bertz CT molecular complexity index is 955. The fourth-order valence-corrected chi connectivity index (χ4v) is 2.43. The van der Waals surface area contributed by atoms with E-state index in [4.69, 9.17) is 30.4 Å². The molecule has 1 atom stereocenters. The van der Waals surface area contributed by atoms with E-state index in [0.29, 0.717) is 39.8 Å². The first-order valence-corrected chi connectivity index (χ1v) is 9.12. The quantitative estimate of drug-likeness (QED) is 0.344. The zero-order valence-electron chi connectivity index (χ0n) is 18.3. The molecule has 0 heterocycles. The Balaban J connectivity index is 0.000000703. The SMILES string of the molecule is COc1ccc(/C=C(/C#N)c2cc(OC)c(OC)c(OC)c2)cc1N.C[C@@H](N)C(N)=O. The predicted molar refractivity (Wildman–Crippen MR) is 120 cm³/mol. The number of ether oxygens (including phenoxy) is 4. The summed E-state index contributed by atoms with van der Waals surface area (Å²) < 4.78 is 21.1. The van der Waals surface area contributed by atoms with E-state index in [1.165, 1.54) is 21.3 Å². The molecule has 0 unspecified atom stereocenters. The van der Waals surface area contributed by atoms with Gasteiger partial charge in [-0.3, -0.25) is 4.79 Å². The number of primary amides is 1. The molecule has 0 aliphatic heterocycles. The third-order valence-electron chi connectivity index (χ3n) is 4.11. The van der Waals surface area contributed by atoms with Gasteiger partial charge in [0.25, 0.3) is 0 Å². The van der Waals surface area contributed by atoms with Crippen molar-refractivity contribution >= 4 is 23.2 Å². The molecule has 166 valence electrons. The molecular formula is C22H28N4O5. The highest BCUT2D eigenvalue weighted by atomic mass is 16.5. The Morgan fingerprint density at radius 1 is 1.00 bits per heavy atom. The number of carbonyl (C=O) groups excluding carboxylic acids is 1. The van der Waals surface area contributed by atoms with Gasteiger partial charge in [-0.25, -0.2) is 0 Å². The summed E-state index contributed by atoms with van der Waals surface area (Å²) in [7, 11) is 6.14. The number of hydrogen-bond acceptors (Lipinski definition) is 8. The minimum absolute atomic E-state index is 0.434. The normalized spacial score (nSPS) is 11.3. The molecule has 0 fully saturated rings. The van der Waals surface area contributed by atoms with Gasteiger partial charge in [0, 0.05) is 0 Å². The van der Waals surface area contributed by atoms with E-state index in [1.807, 2.05) is 6.07 Å². The molecule has 0 saturated heterocycles. The second-order valence-electron chi connectivity index (χ2n) is 6.28. The van der Waals surface area contributed by atoms with Gasteiger partial charge in [0.05, 0.1) is 51.8 Å². The van der Waals surface area contributed by atoms with Crippen molar-refractivity contribution in [2.45, 2.75) is 13.0 Å². The van der Waals surface area contributed by atoms with Crippen LogP contribution in [-0.4, -0.2) is 40.4 Å². The highest BCUT2D eigenvalue weighted by Gasteiger charge is 2.15. The summed E-state index contributed by atoms with van der Waals surface area (Å²) in [4.78, 5) is 9.80. The molecule has 0 spiro atoms. The van der Waals surface area contributed by atoms with Crippen LogP contribution in [0.1, 0.15) is 18.1 Å². The van der Waals surface area contributed by atoms with E-state index in [2.05, 4.69) is 11.8 Å². The second kappa shape index (κ2) is 11.9. The third-order valence-corrected chi connectivity index (χ3v) is 4.11. The Hall–Kier alpha value is -3.90. The smallest absolute Gasteiger partial charge is 0.234 e. The lowest BCUT2D eigenvalue weighted by Crippen LogP contribution is -2.32. The van der Waals surface area contributed by atoms with Gasteiger partial charge in [-0.2, -0.15) is 5.26 Å². The van der Waals surface area contributed by atoms with Gasteiger partial charge in [0.1, 0.15) is 5.75 Å². The van der Waals surface area contributed by atoms with Crippen LogP contribution in [-0.2, 0) is 4.79 Å². The number of carbonyl (C=O) groups is 1. The van der Waals surface area contributed by atoms with E-state index < -0.39 is 11.9 Å². The predicted octanol–water partition coefficient (Wildman–Crippen LogP) is 2.19. The first-order valence-electron chi connectivity index (χ1n) is 9.12. The van der Waals surface area contributed by atoms with Crippen molar-refractivity contribution < 1.29 is 23.7 Å². The number of methoxy groups -OCH3 is 4. The van der Waals surface area contributed by atoms with Crippen LogP contribution in [0.2, 0.25) is 0 Å². The summed E-state index contributed by atoms with van der Waals surface area (Å²) in [6, 6.07) is 10.5. The number of nitrogens with two attached hydrogens (primary N) is 3. The lowest BCUT2D eigenvalue weighted by atomic mass is 10.0. The highest BCUT2D eigenvalue weighted by Crippen LogP contribution is 2.40. The highest BCUT2D eigenvalue weighted by molar-refractivity contribution is 5.91. The number of nitriles is 1. The van der Waals surface area contributed by atoms with E-state index in [9.17, 15) is 10.1 Å². The monoisotopic (exact) mass is 428 g/mol. The number of amides is 1. The minimum Gasteiger partial charge on any atom is -0.495 e. The molecule has 0 radical (unpaired) electrons. The van der Waals surface area contributed by atoms with Crippen LogP contribution in [0.4, 0.5) is 5.69 Å². The molecule has 9 nitrogen and oxygen atoms in total. The molecule has 0 bridgehead atoms. The maximum absolute atomic E-state index is 9.80. The molecule has 0 aliphatic rings. The Labute approximate surface area is 181 Å². The van der Waals surface area contributed by atoms with Gasteiger partial charge in [-0.1, -0.05) is 6.07 Å². The standard InChI is InChI=1S/C19H20N2O4.C3H8N2O/c1-22-16-6-5-12(8-15(16)21)7-14(11-20)13-9-17(23-2)19(25-4)18(10-13)24-3;1-2(4)3(5)6/h5-10H,21H2,1-4H3;2H,4H2,1H3,(H2,5,6)/b14-7-;/t;2-/m.1/s1. The van der Waals surface area contributed by atoms with Crippen molar-refractivity contribution in [1.29, 1.82) is 5.26 Å². The topological polar surface area (TPSA) is 156 Å². The zero-order valence-corrected chi connectivity index (χ0v) is 18.3. The molecule has 2 aromatic carbocycles. The molecule has 9 heteroatoms. The average Bonchev–Trinajstić information content (AvgIpc) is 2.76. The number of allylic oxidation sites excluding steroid dienone is 1. The molecule has 1 amide bonds. The average molecular weight is 428 g/mol. The van der Waals surface area contributed by atoms with Crippen molar-refractivity contribution in [3.8, 4) is 29.1 Å². The van der Waals surface area contributed by atoms with Crippen LogP contribution in [0.3, 0.4) is 0 Å². The number of anilines is 1. The largest absolute Gasteiger partial charge is 0.495 e. The van der Waals surface area contributed by atoms with Gasteiger partial charge < -0.3 is 36.1 Å². The minimum atomic E-state index is -0.509. The van der Waals surface area contributed by atoms with Crippen LogP contribution in [0, 0.1) is 11.3 Å². The van der Waals surface area contributed by atoms with Crippen LogP contribution in [0.15, 0.2) is 30.3 Å². The zero-order chi connectivity index (χ0) is 23.6. The summed E-state index contributed by atoms with van der Waals surface area (Å²) in [6.45, 7) is 1.54. The first-order chi connectivity index (χ1) is 14.7. The maximum atomic E-state index is 9.80. The van der Waals surface area contributed by atoms with Crippen molar-refractivity contribution in [2.75, 3.05) is 34.2 Å². The first kappa shape index (κ1) is 25.1. The second-order valence-corrected chi connectivity index (χ2v) is 6.28. The number of nitrogen functional groups attached to an aromatic ring is 1. The number of benzene rings is 2. The summed E-state index contributed by atoms with van der Waals surface area (Å²) in [5, 5.41) is 9.58. The molecule has 2 rings (SSSR count). The van der Waals surface area contributed by atoms with Gasteiger partial charge in [-0.05, 0) is 48.4 Å². The Morgan fingerprint density at radius 2 is 1.52 bits per heavy atom. The van der Waals surface area contributed by atoms with Gasteiger partial charge >= 0.3 is 0 Å². The van der Waals surface area contributed by atoms with Crippen molar-refractivity contribution in [3.05, 3.63) is 41.5 Å². The fraction of sp³-hybridized carbons (Fsp3) is 0.273. The van der Waals surface area contributed by atoms with Crippen molar-refractivity contribution in [1.82, 2.24) is 0 Å². The van der Waals surface area contributed by atoms with E-state index in [1.54, 1.807) is 44.4 Å². The van der Waals surface area contributed by atoms with Gasteiger partial charge in [0.15, 0.2) is 11.5 Å². The Morgan fingerprint density at radius 3 is 1.87 bits per heavy atom. The maximum Gasteiger partial charge on any atom is 0.234 e. The van der Waals surface area contributed by atoms with E-state index in [0.717, 1.165) is 5.56 Å². The molecule has 6 N–H and O–H groups in total. The molecule has 31 heavy (non-hydrogen) atoms. The van der Waals surface area contributed by atoms with Gasteiger partial charge in [-0.15, -0.1) is 0 Å². The lowest BCUT2D eigenvalue weighted by molar-refractivity contribution is -0.118. The summed E-state index contributed by atoms with van der Waals surface area (Å²) in [5.41, 5.74) is 17.9. The van der Waals surface area contributed by atoms with Gasteiger partial charge in [0.2, 0.25) is 11.7 Å². The van der Waals surface area contributed by atoms with Crippen molar-refractivity contribution in [3.63, 3.8) is 0 Å². The van der Waals surface area contributed by atoms with Crippen LogP contribution in [0.25, 0.3) is 11.6 Å². The number of rotatable bonds is 7. The van der Waals surface area contributed by atoms with Crippen LogP contribution in [0.5, 0.6) is 23.0 Å². The summed E-state index contributed by atoms with van der Waals surface area (Å²) >= 11 is 0. The number of hydrogen-bond donors (Lipinski definition) is 3. The number of nitrogens with zero attached hydrogens (tertiary/aromatic N) is 1. The summed E-state index contributed by atoms with van der Waals surface area (Å²) in [5.74, 6) is 1.55. The summed E-state index contributed by atoms with van der Waals surface area (Å²) in [6.07, 6.45) is 1.73. The molecule has 2 aromatic rings. The molecule has 0 saturated carbocycles. The fourth-order valence-electron chi connectivity index (χ4n) is 2.43.